The van der Waals surface area contributed by atoms with Crippen molar-refractivity contribution in [3.63, 3.8) is 0 Å². The Morgan fingerprint density at radius 2 is 1.92 bits per heavy atom. The van der Waals surface area contributed by atoms with Gasteiger partial charge in [-0.2, -0.15) is 8.78 Å². The van der Waals surface area contributed by atoms with E-state index in [1.54, 1.807) is 31.2 Å². The molecule has 0 aromatic heterocycles. The third kappa shape index (κ3) is 6.11. The molecule has 1 N–H and O–H groups in total. The first kappa shape index (κ1) is 19.8. The molecule has 134 valence electrons. The number of hydrogen-bond acceptors (Lipinski definition) is 5. The van der Waals surface area contributed by atoms with E-state index >= 15 is 0 Å². The molecule has 0 aliphatic carbocycles. The second-order valence-electron chi connectivity index (χ2n) is 5.03. The summed E-state index contributed by atoms with van der Waals surface area (Å²) in [7, 11) is 1.06. The average Bonchev–Trinajstić information content (AvgIpc) is 2.57. The van der Waals surface area contributed by atoms with Crippen LogP contribution in [-0.4, -0.2) is 37.9 Å². The van der Waals surface area contributed by atoms with Crippen LogP contribution in [0.2, 0.25) is 0 Å². The fourth-order valence-corrected chi connectivity index (χ4v) is 2.16. The van der Waals surface area contributed by atoms with Crippen LogP contribution in [0.1, 0.15) is 25.3 Å². The number of methoxy groups -OCH3 is 1. The Bertz CT molecular complexity index is 526. The monoisotopic (exact) mass is 345 g/mol. The van der Waals surface area contributed by atoms with Gasteiger partial charge in [-0.05, 0) is 12.0 Å². The topological polar surface area (TPSA) is 73.9 Å². The number of alkyl carbamates (subject to hydrolysis) is 1. The van der Waals surface area contributed by atoms with Crippen molar-refractivity contribution in [3.8, 4) is 0 Å². The third-order valence-corrected chi connectivity index (χ3v) is 3.26. The molecule has 1 atom stereocenters. The normalized spacial score (nSPS) is 13.2. The molecule has 0 saturated carbocycles. The molecule has 0 bridgehead atoms. The van der Waals surface area contributed by atoms with Crippen LogP contribution in [0.15, 0.2) is 30.3 Å². The summed E-state index contributed by atoms with van der Waals surface area (Å²) < 4.78 is 39.3. The molecule has 1 aromatic rings. The van der Waals surface area contributed by atoms with Crippen molar-refractivity contribution in [2.75, 3.05) is 13.7 Å². The first-order valence-electron chi connectivity index (χ1n) is 7.42. The summed E-state index contributed by atoms with van der Waals surface area (Å²) in [6.45, 7) is -1.95. The maximum atomic E-state index is 12.7. The number of alkyl halides is 2. The molecule has 1 aromatic carbocycles. The molecule has 6 nitrogen and oxygen atoms in total. The van der Waals surface area contributed by atoms with Gasteiger partial charge in [0.25, 0.3) is 0 Å². The van der Waals surface area contributed by atoms with E-state index in [9.17, 15) is 18.4 Å². The van der Waals surface area contributed by atoms with Gasteiger partial charge in [-0.15, -0.1) is 0 Å². The minimum absolute atomic E-state index is 0.0153. The molecule has 0 aliphatic heterocycles. The van der Waals surface area contributed by atoms with Crippen LogP contribution in [0.5, 0.6) is 0 Å². The van der Waals surface area contributed by atoms with E-state index in [4.69, 9.17) is 4.74 Å². The minimum Gasteiger partial charge on any atom is -0.467 e. The average molecular weight is 345 g/mol. The molecule has 0 radical (unpaired) electrons. The van der Waals surface area contributed by atoms with E-state index in [1.807, 2.05) is 6.07 Å². The number of rotatable bonds is 9. The first-order valence-corrected chi connectivity index (χ1v) is 7.42. The van der Waals surface area contributed by atoms with Crippen molar-refractivity contribution < 1.29 is 32.6 Å². The number of amides is 1. The summed E-state index contributed by atoms with van der Waals surface area (Å²) in [6.07, 6.45) is -0.507. The van der Waals surface area contributed by atoms with E-state index in [-0.39, 0.29) is 13.0 Å². The Labute approximate surface area is 139 Å². The van der Waals surface area contributed by atoms with Gasteiger partial charge in [0.1, 0.15) is 6.61 Å². The van der Waals surface area contributed by atoms with Gasteiger partial charge in [-0.25, -0.2) is 9.59 Å². The standard InChI is InChI=1S/C16H21F2NO5/c1-3-9-16(13(20)22-2,24-14(17)18)11-19-15(21)23-10-12-7-5-4-6-8-12/h4-8,14H,3,9-11H2,1-2H3,(H,19,21). The highest BCUT2D eigenvalue weighted by molar-refractivity contribution is 5.81. The lowest BCUT2D eigenvalue weighted by Crippen LogP contribution is -2.52. The SMILES string of the molecule is CCCC(CNC(=O)OCc1ccccc1)(OC(F)F)C(=O)OC. The number of carbonyl (C=O) groups is 2. The van der Waals surface area contributed by atoms with Gasteiger partial charge in [-0.3, -0.25) is 0 Å². The smallest absolute Gasteiger partial charge is 0.407 e. The second-order valence-corrected chi connectivity index (χ2v) is 5.03. The first-order chi connectivity index (χ1) is 11.4. The van der Waals surface area contributed by atoms with Crippen molar-refractivity contribution in [1.29, 1.82) is 0 Å². The molecule has 0 saturated heterocycles. The zero-order valence-corrected chi connectivity index (χ0v) is 13.6. The van der Waals surface area contributed by atoms with Crippen LogP contribution < -0.4 is 5.32 Å². The largest absolute Gasteiger partial charge is 0.467 e. The summed E-state index contributed by atoms with van der Waals surface area (Å²) in [5, 5.41) is 2.28. The maximum absolute atomic E-state index is 12.7. The van der Waals surface area contributed by atoms with E-state index in [2.05, 4.69) is 14.8 Å². The van der Waals surface area contributed by atoms with Crippen molar-refractivity contribution in [1.82, 2.24) is 5.32 Å². The van der Waals surface area contributed by atoms with Gasteiger partial charge >= 0.3 is 18.7 Å². The molecule has 0 fully saturated rings. The number of nitrogens with one attached hydrogen (secondary N) is 1. The Morgan fingerprint density at radius 1 is 1.25 bits per heavy atom. The van der Waals surface area contributed by atoms with Gasteiger partial charge in [0.15, 0.2) is 5.60 Å². The van der Waals surface area contributed by atoms with Crippen LogP contribution >= 0.6 is 0 Å². The molecule has 1 amide bonds. The van der Waals surface area contributed by atoms with E-state index in [1.165, 1.54) is 0 Å². The number of halogens is 2. The molecule has 0 spiro atoms. The molecule has 8 heteroatoms. The van der Waals surface area contributed by atoms with Crippen LogP contribution in [0.4, 0.5) is 13.6 Å². The zero-order chi connectivity index (χ0) is 18.0. The van der Waals surface area contributed by atoms with Crippen LogP contribution in [0.3, 0.4) is 0 Å². The summed E-state index contributed by atoms with van der Waals surface area (Å²) in [5.41, 5.74) is -1.19. The molecular weight excluding hydrogens is 324 g/mol. The Hall–Kier alpha value is -2.22. The highest BCUT2D eigenvalue weighted by Gasteiger charge is 2.43. The zero-order valence-electron chi connectivity index (χ0n) is 13.6. The van der Waals surface area contributed by atoms with Crippen molar-refractivity contribution >= 4 is 12.1 Å². The molecule has 0 heterocycles. The van der Waals surface area contributed by atoms with Crippen LogP contribution in [0.25, 0.3) is 0 Å². The van der Waals surface area contributed by atoms with Crippen molar-refractivity contribution in [3.05, 3.63) is 35.9 Å². The highest BCUT2D eigenvalue weighted by Crippen LogP contribution is 2.23. The number of benzene rings is 1. The van der Waals surface area contributed by atoms with E-state index < -0.39 is 30.8 Å². The molecule has 0 aliphatic rings. The predicted octanol–water partition coefficient (Wildman–Crippen LogP) is 2.86. The van der Waals surface area contributed by atoms with Gasteiger partial charge < -0.3 is 19.5 Å². The number of hydrogen-bond donors (Lipinski definition) is 1. The summed E-state index contributed by atoms with van der Waals surface area (Å²) in [5.74, 6) is -0.979. The van der Waals surface area contributed by atoms with Gasteiger partial charge in [-0.1, -0.05) is 43.7 Å². The Kier molecular flexibility index (Phi) is 8.11. The van der Waals surface area contributed by atoms with E-state index in [0.29, 0.717) is 6.42 Å². The van der Waals surface area contributed by atoms with Crippen LogP contribution in [-0.2, 0) is 25.6 Å². The lowest BCUT2D eigenvalue weighted by molar-refractivity contribution is -0.223. The van der Waals surface area contributed by atoms with Gasteiger partial charge in [0, 0.05) is 0 Å². The lowest BCUT2D eigenvalue weighted by Gasteiger charge is -2.30. The molecule has 1 rings (SSSR count). The molecule has 1 unspecified atom stereocenters. The lowest BCUT2D eigenvalue weighted by atomic mass is 9.97. The van der Waals surface area contributed by atoms with Gasteiger partial charge in [0.2, 0.25) is 0 Å². The summed E-state index contributed by atoms with van der Waals surface area (Å²) in [4.78, 5) is 23.6. The maximum Gasteiger partial charge on any atom is 0.407 e. The highest BCUT2D eigenvalue weighted by atomic mass is 19.3. The minimum atomic E-state index is -3.18. The third-order valence-electron chi connectivity index (χ3n) is 3.26. The fraction of sp³-hybridized carbons (Fsp3) is 0.500. The number of ether oxygens (including phenoxy) is 3. The summed E-state index contributed by atoms with van der Waals surface area (Å²) >= 11 is 0. The van der Waals surface area contributed by atoms with Crippen LogP contribution in [0, 0.1) is 0 Å². The van der Waals surface area contributed by atoms with E-state index in [0.717, 1.165) is 12.7 Å². The fourth-order valence-electron chi connectivity index (χ4n) is 2.16. The second kappa shape index (κ2) is 9.82. The quantitative estimate of drug-likeness (QED) is 0.697. The molecule has 24 heavy (non-hydrogen) atoms. The predicted molar refractivity (Wildman–Crippen MR) is 81.4 cm³/mol. The molecular formula is C16H21F2NO5. The van der Waals surface area contributed by atoms with Gasteiger partial charge in [0.05, 0.1) is 13.7 Å². The number of esters is 1. The van der Waals surface area contributed by atoms with Crippen molar-refractivity contribution in [2.24, 2.45) is 0 Å². The Morgan fingerprint density at radius 3 is 2.46 bits per heavy atom. The number of carbonyl (C=O) groups excluding carboxylic acids is 2. The summed E-state index contributed by atoms with van der Waals surface area (Å²) in [6, 6.07) is 8.93. The Balaban J connectivity index is 2.65. The van der Waals surface area contributed by atoms with Crippen molar-refractivity contribution in [2.45, 2.75) is 38.6 Å².